The van der Waals surface area contributed by atoms with Crippen molar-refractivity contribution in [3.8, 4) is 17.0 Å². The fourth-order valence-corrected chi connectivity index (χ4v) is 5.48. The van der Waals surface area contributed by atoms with E-state index < -0.39 is 0 Å². The summed E-state index contributed by atoms with van der Waals surface area (Å²) in [6.45, 7) is 10.6. The SMILES string of the molecule is C[C@@H]1CNC[C@H](C)N1C(=O)N1CCN2c3cc(-c4cccc(Cl)c4O)nnc3NCC2(C)C1. The van der Waals surface area contributed by atoms with Crippen molar-refractivity contribution in [1.82, 2.24) is 25.3 Å². The van der Waals surface area contributed by atoms with Gasteiger partial charge in [0.15, 0.2) is 5.82 Å². The zero-order chi connectivity index (χ0) is 23.3. The highest BCUT2D eigenvalue weighted by Gasteiger charge is 2.45. The summed E-state index contributed by atoms with van der Waals surface area (Å²) in [5.41, 5.74) is 1.73. The van der Waals surface area contributed by atoms with E-state index in [0.29, 0.717) is 43.3 Å². The number of nitrogens with one attached hydrogen (secondary N) is 2. The number of carbonyl (C=O) groups is 1. The summed E-state index contributed by atoms with van der Waals surface area (Å²) in [5.74, 6) is 0.705. The zero-order valence-electron chi connectivity index (χ0n) is 19.2. The van der Waals surface area contributed by atoms with Crippen molar-refractivity contribution >= 4 is 29.1 Å². The van der Waals surface area contributed by atoms with E-state index in [0.717, 1.165) is 18.8 Å². The fourth-order valence-electron chi connectivity index (χ4n) is 5.31. The largest absolute Gasteiger partial charge is 0.506 e. The summed E-state index contributed by atoms with van der Waals surface area (Å²) in [6, 6.07) is 7.58. The van der Waals surface area contributed by atoms with Crippen molar-refractivity contribution < 1.29 is 9.90 Å². The van der Waals surface area contributed by atoms with Gasteiger partial charge in [-0.15, -0.1) is 10.2 Å². The van der Waals surface area contributed by atoms with Gasteiger partial charge in [0.25, 0.3) is 0 Å². The molecule has 2 fully saturated rings. The molecule has 9 nitrogen and oxygen atoms in total. The first kappa shape index (κ1) is 22.0. The lowest BCUT2D eigenvalue weighted by molar-refractivity contribution is 0.0863. The molecule has 2 saturated heterocycles. The van der Waals surface area contributed by atoms with Gasteiger partial charge < -0.3 is 30.4 Å². The molecule has 1 unspecified atom stereocenters. The summed E-state index contributed by atoms with van der Waals surface area (Å²) >= 11 is 6.10. The molecule has 0 bridgehead atoms. The molecule has 3 aliphatic rings. The van der Waals surface area contributed by atoms with Gasteiger partial charge in [0, 0.05) is 56.9 Å². The maximum absolute atomic E-state index is 13.5. The van der Waals surface area contributed by atoms with Crippen LogP contribution in [-0.2, 0) is 0 Å². The molecule has 33 heavy (non-hydrogen) atoms. The molecule has 2 aromatic rings. The van der Waals surface area contributed by atoms with Gasteiger partial charge in [0.1, 0.15) is 5.75 Å². The Bertz CT molecular complexity index is 1070. The number of aromatic nitrogens is 2. The van der Waals surface area contributed by atoms with Gasteiger partial charge in [0.05, 0.1) is 21.9 Å². The Hall–Kier alpha value is -2.78. The average Bonchev–Trinajstić information content (AvgIpc) is 2.79. The van der Waals surface area contributed by atoms with E-state index in [-0.39, 0.29) is 34.4 Å². The predicted molar refractivity (Wildman–Crippen MR) is 129 cm³/mol. The Balaban J connectivity index is 1.42. The first-order valence-electron chi connectivity index (χ1n) is 11.4. The third-order valence-electron chi connectivity index (χ3n) is 7.06. The van der Waals surface area contributed by atoms with Crippen molar-refractivity contribution in [2.75, 3.05) is 49.5 Å². The number of fused-ring (bicyclic) bond motifs is 3. The quantitative estimate of drug-likeness (QED) is 0.588. The van der Waals surface area contributed by atoms with E-state index in [9.17, 15) is 9.90 Å². The van der Waals surface area contributed by atoms with E-state index in [4.69, 9.17) is 11.6 Å². The lowest BCUT2D eigenvalue weighted by atomic mass is 9.92. The molecule has 0 aliphatic carbocycles. The lowest BCUT2D eigenvalue weighted by Crippen LogP contribution is -2.69. The van der Waals surface area contributed by atoms with Crippen molar-refractivity contribution in [2.24, 2.45) is 0 Å². The van der Waals surface area contributed by atoms with Gasteiger partial charge >= 0.3 is 6.03 Å². The third kappa shape index (κ3) is 3.73. The second kappa shape index (κ2) is 8.22. The Morgan fingerprint density at radius 2 is 1.97 bits per heavy atom. The number of urea groups is 1. The molecule has 0 spiro atoms. The van der Waals surface area contributed by atoms with E-state index >= 15 is 0 Å². The number of rotatable bonds is 1. The number of phenolic OH excluding ortho intramolecular Hbond substituents is 1. The van der Waals surface area contributed by atoms with Crippen LogP contribution in [0.5, 0.6) is 5.75 Å². The highest BCUT2D eigenvalue weighted by Crippen LogP contribution is 2.41. The maximum Gasteiger partial charge on any atom is 0.320 e. The van der Waals surface area contributed by atoms with Crippen LogP contribution < -0.4 is 15.5 Å². The smallest absolute Gasteiger partial charge is 0.320 e. The predicted octanol–water partition coefficient (Wildman–Crippen LogP) is 2.61. The summed E-state index contributed by atoms with van der Waals surface area (Å²) in [5, 5.41) is 26.2. The topological polar surface area (TPSA) is 96.9 Å². The monoisotopic (exact) mass is 471 g/mol. The van der Waals surface area contributed by atoms with Crippen LogP contribution >= 0.6 is 11.6 Å². The Labute approximate surface area is 198 Å². The van der Waals surface area contributed by atoms with Crippen LogP contribution in [0, 0.1) is 0 Å². The van der Waals surface area contributed by atoms with E-state index in [1.54, 1.807) is 18.2 Å². The number of piperazine rings is 2. The number of halogens is 1. The van der Waals surface area contributed by atoms with Gasteiger partial charge in [-0.2, -0.15) is 0 Å². The van der Waals surface area contributed by atoms with Crippen molar-refractivity contribution in [3.05, 3.63) is 29.3 Å². The molecule has 1 aromatic heterocycles. The van der Waals surface area contributed by atoms with Crippen LogP contribution in [0.1, 0.15) is 20.8 Å². The normalized spacial score (nSPS) is 27.0. The Morgan fingerprint density at radius 3 is 2.73 bits per heavy atom. The van der Waals surface area contributed by atoms with Gasteiger partial charge in [0.2, 0.25) is 0 Å². The van der Waals surface area contributed by atoms with Crippen molar-refractivity contribution in [2.45, 2.75) is 38.4 Å². The zero-order valence-corrected chi connectivity index (χ0v) is 19.9. The van der Waals surface area contributed by atoms with Crippen LogP contribution in [0.15, 0.2) is 24.3 Å². The second-order valence-electron chi connectivity index (χ2n) is 9.57. The number of aromatic hydroxyl groups is 1. The minimum atomic E-state index is -0.294. The summed E-state index contributed by atoms with van der Waals surface area (Å²) < 4.78 is 0. The van der Waals surface area contributed by atoms with Crippen LogP contribution in [0.4, 0.5) is 16.3 Å². The van der Waals surface area contributed by atoms with Gasteiger partial charge in [-0.05, 0) is 39.0 Å². The molecule has 0 radical (unpaired) electrons. The molecule has 4 heterocycles. The molecular weight excluding hydrogens is 442 g/mol. The number of amides is 2. The molecular formula is C23H30ClN7O2. The maximum atomic E-state index is 13.5. The number of hydrogen-bond donors (Lipinski definition) is 3. The highest BCUT2D eigenvalue weighted by molar-refractivity contribution is 6.32. The molecule has 176 valence electrons. The Morgan fingerprint density at radius 1 is 1.21 bits per heavy atom. The summed E-state index contributed by atoms with van der Waals surface area (Å²) in [6.07, 6.45) is 0. The number of anilines is 2. The van der Waals surface area contributed by atoms with E-state index in [2.05, 4.69) is 46.5 Å². The third-order valence-corrected chi connectivity index (χ3v) is 7.37. The number of phenols is 1. The van der Waals surface area contributed by atoms with Crippen LogP contribution in [0.2, 0.25) is 5.02 Å². The van der Waals surface area contributed by atoms with E-state index in [1.165, 1.54) is 0 Å². The minimum Gasteiger partial charge on any atom is -0.506 e. The van der Waals surface area contributed by atoms with Gasteiger partial charge in [-0.1, -0.05) is 17.7 Å². The average molecular weight is 472 g/mol. The van der Waals surface area contributed by atoms with E-state index in [1.807, 2.05) is 15.9 Å². The standard InChI is InChI=1S/C23H30ClN7O2/c1-14-10-25-11-15(2)31(14)22(33)29-7-8-30-19-9-18(16-5-4-6-17(24)20(16)32)27-28-21(19)26-12-23(30,3)13-29/h4-6,9,14-15,25,32H,7-8,10-13H2,1-3H3,(H,26,28)/t14-,15+,23?. The summed E-state index contributed by atoms with van der Waals surface area (Å²) in [7, 11) is 0. The molecule has 3 aliphatic heterocycles. The Kier molecular flexibility index (Phi) is 5.49. The van der Waals surface area contributed by atoms with Crippen molar-refractivity contribution in [3.63, 3.8) is 0 Å². The summed E-state index contributed by atoms with van der Waals surface area (Å²) in [4.78, 5) is 19.8. The number of nitrogens with zero attached hydrogens (tertiary/aromatic N) is 5. The molecule has 10 heteroatoms. The molecule has 3 N–H and O–H groups in total. The number of carbonyl (C=O) groups excluding carboxylic acids is 1. The van der Waals surface area contributed by atoms with Crippen LogP contribution in [0.25, 0.3) is 11.3 Å². The fraction of sp³-hybridized carbons (Fsp3) is 0.522. The molecule has 2 amide bonds. The first-order chi connectivity index (χ1) is 15.8. The minimum absolute atomic E-state index is 0.00498. The van der Waals surface area contributed by atoms with Crippen LogP contribution in [0.3, 0.4) is 0 Å². The molecule has 3 atom stereocenters. The molecule has 0 saturated carbocycles. The number of hydrogen-bond acceptors (Lipinski definition) is 7. The number of para-hydroxylation sites is 1. The van der Waals surface area contributed by atoms with Crippen LogP contribution in [-0.4, -0.2) is 88.0 Å². The highest BCUT2D eigenvalue weighted by atomic mass is 35.5. The molecule has 5 rings (SSSR count). The van der Waals surface area contributed by atoms with Crippen molar-refractivity contribution in [1.29, 1.82) is 0 Å². The lowest BCUT2D eigenvalue weighted by Gasteiger charge is -2.54. The number of benzene rings is 1. The van der Waals surface area contributed by atoms with Gasteiger partial charge in [-0.3, -0.25) is 0 Å². The van der Waals surface area contributed by atoms with Gasteiger partial charge in [-0.25, -0.2) is 4.79 Å². The molecule has 1 aromatic carbocycles. The second-order valence-corrected chi connectivity index (χ2v) is 9.98. The first-order valence-corrected chi connectivity index (χ1v) is 11.8.